The minimum Gasteiger partial charge on any atom is -0.332 e. The lowest BCUT2D eigenvalue weighted by Gasteiger charge is -2.33. The zero-order valence-electron chi connectivity index (χ0n) is 10.8. The van der Waals surface area contributed by atoms with E-state index in [0.717, 1.165) is 25.9 Å². The maximum absolute atomic E-state index is 11.6. The van der Waals surface area contributed by atoms with Crippen LogP contribution in [0.4, 0.5) is 0 Å². The minimum atomic E-state index is 0.231. The van der Waals surface area contributed by atoms with E-state index in [2.05, 4.69) is 44.2 Å². The highest BCUT2D eigenvalue weighted by Crippen LogP contribution is 2.08. The maximum atomic E-state index is 11.6. The average Bonchev–Trinajstić information content (AvgIpc) is 2.36. The second kappa shape index (κ2) is 5.46. The van der Waals surface area contributed by atoms with Gasteiger partial charge in [0, 0.05) is 6.42 Å². The number of carbonyl (C=O) groups is 1. The standard InChI is InChI=1S/C15H21NO/c1-12-13(2)16(11-9-15(12)17)10-8-14-6-4-3-5-7-14/h3-7,12-13H,8-11H2,1-2H3/p+1/t12-,13+/m1/s1. The van der Waals surface area contributed by atoms with Crippen LogP contribution in [0.25, 0.3) is 0 Å². The molecule has 92 valence electrons. The van der Waals surface area contributed by atoms with E-state index >= 15 is 0 Å². The maximum Gasteiger partial charge on any atom is 0.147 e. The van der Waals surface area contributed by atoms with Crippen molar-refractivity contribution in [3.05, 3.63) is 35.9 Å². The monoisotopic (exact) mass is 232 g/mol. The van der Waals surface area contributed by atoms with E-state index in [0.29, 0.717) is 11.8 Å². The molecule has 1 aliphatic heterocycles. The normalized spacial score (nSPS) is 29.3. The molecule has 1 heterocycles. The van der Waals surface area contributed by atoms with Crippen LogP contribution >= 0.6 is 0 Å². The van der Waals surface area contributed by atoms with Crippen molar-refractivity contribution in [3.8, 4) is 0 Å². The van der Waals surface area contributed by atoms with E-state index in [1.807, 2.05) is 0 Å². The number of ketones is 1. The highest BCUT2D eigenvalue weighted by molar-refractivity contribution is 5.81. The van der Waals surface area contributed by atoms with Crippen molar-refractivity contribution < 1.29 is 9.69 Å². The summed E-state index contributed by atoms with van der Waals surface area (Å²) < 4.78 is 0. The summed E-state index contributed by atoms with van der Waals surface area (Å²) in [7, 11) is 0. The minimum absolute atomic E-state index is 0.231. The molecule has 1 fully saturated rings. The van der Waals surface area contributed by atoms with Crippen molar-refractivity contribution in [1.82, 2.24) is 0 Å². The Balaban J connectivity index is 1.89. The van der Waals surface area contributed by atoms with E-state index in [1.165, 1.54) is 5.56 Å². The van der Waals surface area contributed by atoms with Crippen LogP contribution in [0.3, 0.4) is 0 Å². The summed E-state index contributed by atoms with van der Waals surface area (Å²) in [5.41, 5.74) is 1.40. The van der Waals surface area contributed by atoms with E-state index < -0.39 is 0 Å². The first-order valence-electron chi connectivity index (χ1n) is 6.59. The zero-order chi connectivity index (χ0) is 12.3. The van der Waals surface area contributed by atoms with Crippen molar-refractivity contribution in [3.63, 3.8) is 0 Å². The molecule has 17 heavy (non-hydrogen) atoms. The number of nitrogens with one attached hydrogen (secondary N) is 1. The summed E-state index contributed by atoms with van der Waals surface area (Å²) >= 11 is 0. The number of benzene rings is 1. The van der Waals surface area contributed by atoms with Crippen molar-refractivity contribution in [2.24, 2.45) is 5.92 Å². The van der Waals surface area contributed by atoms with Gasteiger partial charge < -0.3 is 4.90 Å². The first kappa shape index (κ1) is 12.3. The Morgan fingerprint density at radius 1 is 1.24 bits per heavy atom. The number of rotatable bonds is 3. The Kier molecular flexibility index (Phi) is 3.95. The van der Waals surface area contributed by atoms with Gasteiger partial charge in [-0.1, -0.05) is 30.3 Å². The molecule has 1 N–H and O–H groups in total. The van der Waals surface area contributed by atoms with Gasteiger partial charge in [0.15, 0.2) is 0 Å². The third kappa shape index (κ3) is 2.95. The molecule has 0 aliphatic carbocycles. The Morgan fingerprint density at radius 2 is 1.94 bits per heavy atom. The summed E-state index contributed by atoms with van der Waals surface area (Å²) in [6, 6.07) is 11.1. The molecule has 3 atom stereocenters. The quantitative estimate of drug-likeness (QED) is 0.828. The molecule has 1 aromatic rings. The van der Waals surface area contributed by atoms with Gasteiger partial charge in [0.1, 0.15) is 5.78 Å². The van der Waals surface area contributed by atoms with Crippen LogP contribution in [0, 0.1) is 5.92 Å². The van der Waals surface area contributed by atoms with Gasteiger partial charge in [0.2, 0.25) is 0 Å². The molecule has 1 saturated heterocycles. The fourth-order valence-corrected chi connectivity index (χ4v) is 2.67. The van der Waals surface area contributed by atoms with Crippen LogP contribution in [0.2, 0.25) is 0 Å². The molecule has 0 aromatic heterocycles. The lowest BCUT2D eigenvalue weighted by Crippen LogP contribution is -3.17. The van der Waals surface area contributed by atoms with Gasteiger partial charge in [0.25, 0.3) is 0 Å². The van der Waals surface area contributed by atoms with Crippen LogP contribution in [-0.4, -0.2) is 24.9 Å². The van der Waals surface area contributed by atoms with Crippen molar-refractivity contribution >= 4 is 5.78 Å². The largest absolute Gasteiger partial charge is 0.332 e. The Morgan fingerprint density at radius 3 is 2.65 bits per heavy atom. The highest BCUT2D eigenvalue weighted by Gasteiger charge is 2.33. The van der Waals surface area contributed by atoms with Crippen LogP contribution in [0.5, 0.6) is 0 Å². The summed E-state index contributed by atoms with van der Waals surface area (Å²) in [4.78, 5) is 13.2. The number of piperidine rings is 1. The summed E-state index contributed by atoms with van der Waals surface area (Å²) in [5.74, 6) is 0.676. The van der Waals surface area contributed by atoms with Crippen LogP contribution in [-0.2, 0) is 11.2 Å². The van der Waals surface area contributed by atoms with Crippen molar-refractivity contribution in [2.45, 2.75) is 32.7 Å². The second-order valence-electron chi connectivity index (χ2n) is 5.19. The molecule has 1 unspecified atom stereocenters. The number of Topliss-reactive ketones (excluding diaryl/α,β-unsaturated/α-hetero) is 1. The molecule has 1 aromatic carbocycles. The number of likely N-dealkylation sites (tertiary alicyclic amines) is 1. The van der Waals surface area contributed by atoms with E-state index in [-0.39, 0.29) is 5.92 Å². The van der Waals surface area contributed by atoms with E-state index in [9.17, 15) is 4.79 Å². The lowest BCUT2D eigenvalue weighted by molar-refractivity contribution is -0.928. The third-order valence-corrected chi connectivity index (χ3v) is 4.17. The number of quaternary nitrogens is 1. The first-order valence-corrected chi connectivity index (χ1v) is 6.59. The molecular weight excluding hydrogens is 210 g/mol. The van der Waals surface area contributed by atoms with Gasteiger partial charge >= 0.3 is 0 Å². The van der Waals surface area contributed by atoms with Gasteiger partial charge in [0.05, 0.1) is 31.5 Å². The van der Waals surface area contributed by atoms with Crippen LogP contribution in [0.1, 0.15) is 25.8 Å². The topological polar surface area (TPSA) is 21.5 Å². The van der Waals surface area contributed by atoms with Crippen molar-refractivity contribution in [2.75, 3.05) is 13.1 Å². The lowest BCUT2D eigenvalue weighted by atomic mass is 9.90. The molecule has 2 rings (SSSR count). The van der Waals surface area contributed by atoms with Crippen LogP contribution in [0.15, 0.2) is 30.3 Å². The number of carbonyl (C=O) groups excluding carboxylic acids is 1. The average molecular weight is 232 g/mol. The predicted molar refractivity (Wildman–Crippen MR) is 69.1 cm³/mol. The molecule has 0 spiro atoms. The molecule has 0 radical (unpaired) electrons. The second-order valence-corrected chi connectivity index (χ2v) is 5.19. The fraction of sp³-hybridized carbons (Fsp3) is 0.533. The van der Waals surface area contributed by atoms with Gasteiger partial charge in [-0.15, -0.1) is 0 Å². The molecule has 0 saturated carbocycles. The molecule has 0 amide bonds. The Bertz CT molecular complexity index is 374. The third-order valence-electron chi connectivity index (χ3n) is 4.17. The van der Waals surface area contributed by atoms with Gasteiger partial charge in [-0.2, -0.15) is 0 Å². The molecule has 2 heteroatoms. The Labute approximate surface area is 104 Å². The Hall–Kier alpha value is -1.15. The summed E-state index contributed by atoms with van der Waals surface area (Å²) in [6.45, 7) is 6.44. The molecular formula is C15H22NO+. The van der Waals surface area contributed by atoms with Crippen molar-refractivity contribution in [1.29, 1.82) is 0 Å². The van der Waals surface area contributed by atoms with Crippen LogP contribution < -0.4 is 4.90 Å². The van der Waals surface area contributed by atoms with Gasteiger partial charge in [-0.25, -0.2) is 0 Å². The van der Waals surface area contributed by atoms with E-state index in [4.69, 9.17) is 0 Å². The highest BCUT2D eigenvalue weighted by atomic mass is 16.1. The fourth-order valence-electron chi connectivity index (χ4n) is 2.67. The van der Waals surface area contributed by atoms with E-state index in [1.54, 1.807) is 4.90 Å². The molecule has 2 nitrogen and oxygen atoms in total. The molecule has 0 bridgehead atoms. The number of hydrogen-bond acceptors (Lipinski definition) is 1. The number of hydrogen-bond donors (Lipinski definition) is 1. The smallest absolute Gasteiger partial charge is 0.147 e. The summed E-state index contributed by atoms with van der Waals surface area (Å²) in [6.07, 6.45) is 1.87. The zero-order valence-corrected chi connectivity index (χ0v) is 10.8. The van der Waals surface area contributed by atoms with Gasteiger partial charge in [-0.3, -0.25) is 4.79 Å². The molecule has 1 aliphatic rings. The van der Waals surface area contributed by atoms with Gasteiger partial charge in [-0.05, 0) is 19.4 Å². The SMILES string of the molecule is C[C@H]1C(=O)CC[NH+](CCc2ccccc2)[C@H]1C. The summed E-state index contributed by atoms with van der Waals surface area (Å²) in [5, 5.41) is 0. The predicted octanol–water partition coefficient (Wildman–Crippen LogP) is 1.11. The first-order chi connectivity index (χ1) is 8.18.